The Morgan fingerprint density at radius 2 is 1.79 bits per heavy atom. The van der Waals surface area contributed by atoms with Crippen LogP contribution in [0.5, 0.6) is 11.5 Å². The molecule has 19 heavy (non-hydrogen) atoms. The zero-order valence-corrected chi connectivity index (χ0v) is 11.3. The normalized spacial score (nSPS) is 10.0. The molecule has 0 fully saturated rings. The van der Waals surface area contributed by atoms with Crippen molar-refractivity contribution in [2.75, 3.05) is 25.6 Å². The summed E-state index contributed by atoms with van der Waals surface area (Å²) in [5.41, 5.74) is 2.37. The maximum absolute atomic E-state index is 5.66. The minimum atomic E-state index is 0.612. The Morgan fingerprint density at radius 3 is 2.58 bits per heavy atom. The van der Waals surface area contributed by atoms with Crippen LogP contribution in [0.2, 0.25) is 0 Å². The van der Waals surface area contributed by atoms with Crippen molar-refractivity contribution in [3.8, 4) is 11.5 Å². The Morgan fingerprint density at radius 1 is 1.00 bits per heavy atom. The number of aryl methyl sites for hydroxylation is 1. The summed E-state index contributed by atoms with van der Waals surface area (Å²) in [5.74, 6) is 1.63. The lowest BCUT2D eigenvalue weighted by atomic mass is 10.2. The zero-order chi connectivity index (χ0) is 13.5. The second-order valence-electron chi connectivity index (χ2n) is 4.32. The quantitative estimate of drug-likeness (QED) is 0.803. The number of anilines is 1. The average molecular weight is 257 g/mol. The molecule has 1 N–H and O–H groups in total. The highest BCUT2D eigenvalue weighted by molar-refractivity contribution is 5.45. The summed E-state index contributed by atoms with van der Waals surface area (Å²) < 4.78 is 10.8. The van der Waals surface area contributed by atoms with Gasteiger partial charge in [-0.15, -0.1) is 0 Å². The van der Waals surface area contributed by atoms with E-state index >= 15 is 0 Å². The summed E-state index contributed by atoms with van der Waals surface area (Å²) in [6, 6.07) is 15.9. The smallest absolute Gasteiger partial charge is 0.123 e. The molecule has 0 aliphatic rings. The largest absolute Gasteiger partial charge is 0.497 e. The standard InChI is InChI=1S/C16H19NO2/c1-13-5-3-6-14(11-13)17-9-10-19-16-8-4-7-15(12-16)18-2/h3-8,11-12,17H,9-10H2,1-2H3. The van der Waals surface area contributed by atoms with Crippen molar-refractivity contribution in [1.29, 1.82) is 0 Å². The van der Waals surface area contributed by atoms with Crippen LogP contribution in [0.1, 0.15) is 5.56 Å². The number of rotatable bonds is 6. The second-order valence-corrected chi connectivity index (χ2v) is 4.32. The van der Waals surface area contributed by atoms with Gasteiger partial charge in [-0.1, -0.05) is 18.2 Å². The molecule has 0 bridgehead atoms. The van der Waals surface area contributed by atoms with Crippen molar-refractivity contribution in [1.82, 2.24) is 0 Å². The molecule has 0 spiro atoms. The van der Waals surface area contributed by atoms with Crippen LogP contribution >= 0.6 is 0 Å². The van der Waals surface area contributed by atoms with Gasteiger partial charge < -0.3 is 14.8 Å². The minimum absolute atomic E-state index is 0.612. The van der Waals surface area contributed by atoms with E-state index in [2.05, 4.69) is 30.4 Å². The van der Waals surface area contributed by atoms with Crippen LogP contribution in [0.4, 0.5) is 5.69 Å². The van der Waals surface area contributed by atoms with Crippen LogP contribution in [0.3, 0.4) is 0 Å². The van der Waals surface area contributed by atoms with E-state index < -0.39 is 0 Å². The molecule has 0 aliphatic heterocycles. The molecule has 0 aliphatic carbocycles. The number of benzene rings is 2. The summed E-state index contributed by atoms with van der Waals surface area (Å²) in [4.78, 5) is 0. The SMILES string of the molecule is COc1cccc(OCCNc2cccc(C)c2)c1. The van der Waals surface area contributed by atoms with Crippen molar-refractivity contribution < 1.29 is 9.47 Å². The van der Waals surface area contributed by atoms with Crippen LogP contribution in [0.15, 0.2) is 48.5 Å². The zero-order valence-electron chi connectivity index (χ0n) is 11.3. The first-order chi connectivity index (χ1) is 9.28. The molecule has 0 saturated carbocycles. The summed E-state index contributed by atoms with van der Waals surface area (Å²) in [6.45, 7) is 3.46. The molecule has 0 atom stereocenters. The van der Waals surface area contributed by atoms with E-state index in [9.17, 15) is 0 Å². The van der Waals surface area contributed by atoms with Gasteiger partial charge >= 0.3 is 0 Å². The van der Waals surface area contributed by atoms with Crippen molar-refractivity contribution in [2.45, 2.75) is 6.92 Å². The highest BCUT2D eigenvalue weighted by Gasteiger charge is 1.97. The number of hydrogen-bond acceptors (Lipinski definition) is 3. The Bertz CT molecular complexity index is 526. The van der Waals surface area contributed by atoms with Crippen LogP contribution in [-0.2, 0) is 0 Å². The van der Waals surface area contributed by atoms with E-state index in [0.29, 0.717) is 6.61 Å². The minimum Gasteiger partial charge on any atom is -0.497 e. The number of ether oxygens (including phenoxy) is 2. The monoisotopic (exact) mass is 257 g/mol. The summed E-state index contributed by atoms with van der Waals surface area (Å²) in [5, 5.41) is 3.33. The fourth-order valence-corrected chi connectivity index (χ4v) is 1.81. The summed E-state index contributed by atoms with van der Waals surface area (Å²) >= 11 is 0. The maximum atomic E-state index is 5.66. The highest BCUT2D eigenvalue weighted by Crippen LogP contribution is 2.18. The molecule has 0 amide bonds. The van der Waals surface area contributed by atoms with Gasteiger partial charge in [0.2, 0.25) is 0 Å². The molecule has 0 saturated heterocycles. The summed E-state index contributed by atoms with van der Waals surface area (Å²) in [7, 11) is 1.65. The van der Waals surface area contributed by atoms with Crippen LogP contribution in [0.25, 0.3) is 0 Å². The van der Waals surface area contributed by atoms with Gasteiger partial charge in [-0.05, 0) is 36.8 Å². The number of methoxy groups -OCH3 is 1. The first-order valence-corrected chi connectivity index (χ1v) is 6.35. The lowest BCUT2D eigenvalue weighted by molar-refractivity contribution is 0.329. The van der Waals surface area contributed by atoms with Crippen molar-refractivity contribution in [3.05, 3.63) is 54.1 Å². The molecular weight excluding hydrogens is 238 g/mol. The van der Waals surface area contributed by atoms with Gasteiger partial charge in [0, 0.05) is 18.3 Å². The van der Waals surface area contributed by atoms with Gasteiger partial charge in [0.05, 0.1) is 7.11 Å². The van der Waals surface area contributed by atoms with Gasteiger partial charge in [0.15, 0.2) is 0 Å². The predicted octanol–water partition coefficient (Wildman–Crippen LogP) is 3.49. The Hall–Kier alpha value is -2.16. The molecule has 2 rings (SSSR count). The Labute approximate surface area is 114 Å². The van der Waals surface area contributed by atoms with Gasteiger partial charge in [-0.2, -0.15) is 0 Å². The third kappa shape index (κ3) is 4.21. The van der Waals surface area contributed by atoms with Gasteiger partial charge in [0.25, 0.3) is 0 Å². The van der Waals surface area contributed by atoms with E-state index in [1.165, 1.54) is 5.56 Å². The third-order valence-corrected chi connectivity index (χ3v) is 2.76. The first-order valence-electron chi connectivity index (χ1n) is 6.35. The topological polar surface area (TPSA) is 30.5 Å². The highest BCUT2D eigenvalue weighted by atomic mass is 16.5. The predicted molar refractivity (Wildman–Crippen MR) is 78.2 cm³/mol. The molecule has 100 valence electrons. The molecule has 0 radical (unpaired) electrons. The second kappa shape index (κ2) is 6.69. The molecular formula is C16H19NO2. The van der Waals surface area contributed by atoms with Crippen molar-refractivity contribution >= 4 is 5.69 Å². The molecule has 0 heterocycles. The molecule has 2 aromatic carbocycles. The molecule has 0 aromatic heterocycles. The maximum Gasteiger partial charge on any atom is 0.123 e. The fourth-order valence-electron chi connectivity index (χ4n) is 1.81. The molecule has 2 aromatic rings. The number of hydrogen-bond donors (Lipinski definition) is 1. The summed E-state index contributed by atoms with van der Waals surface area (Å²) in [6.07, 6.45) is 0. The van der Waals surface area contributed by atoms with Crippen molar-refractivity contribution in [3.63, 3.8) is 0 Å². The van der Waals surface area contributed by atoms with Crippen LogP contribution in [0, 0.1) is 6.92 Å². The van der Waals surface area contributed by atoms with Gasteiger partial charge in [-0.3, -0.25) is 0 Å². The Kier molecular flexibility index (Phi) is 4.67. The Balaban J connectivity index is 1.77. The number of nitrogens with one attached hydrogen (secondary N) is 1. The van der Waals surface area contributed by atoms with E-state index in [-0.39, 0.29) is 0 Å². The lowest BCUT2D eigenvalue weighted by Gasteiger charge is -2.09. The molecule has 0 unspecified atom stereocenters. The fraction of sp³-hybridized carbons (Fsp3) is 0.250. The average Bonchev–Trinajstić information content (AvgIpc) is 2.44. The van der Waals surface area contributed by atoms with Gasteiger partial charge in [-0.25, -0.2) is 0 Å². The van der Waals surface area contributed by atoms with E-state index in [1.54, 1.807) is 7.11 Å². The lowest BCUT2D eigenvalue weighted by Crippen LogP contribution is -2.11. The first kappa shape index (κ1) is 13.3. The van der Waals surface area contributed by atoms with E-state index in [4.69, 9.17) is 9.47 Å². The van der Waals surface area contributed by atoms with E-state index in [1.807, 2.05) is 30.3 Å². The molecule has 3 nitrogen and oxygen atoms in total. The van der Waals surface area contributed by atoms with Crippen LogP contribution < -0.4 is 14.8 Å². The van der Waals surface area contributed by atoms with Gasteiger partial charge in [0.1, 0.15) is 18.1 Å². The van der Waals surface area contributed by atoms with E-state index in [0.717, 1.165) is 23.7 Å². The van der Waals surface area contributed by atoms with Crippen molar-refractivity contribution in [2.24, 2.45) is 0 Å². The third-order valence-electron chi connectivity index (χ3n) is 2.76. The van der Waals surface area contributed by atoms with Crippen LogP contribution in [-0.4, -0.2) is 20.3 Å². The molecule has 3 heteroatoms.